The van der Waals surface area contributed by atoms with Crippen LogP contribution in [0.1, 0.15) is 20.8 Å². The number of para-hydroxylation sites is 1. The summed E-state index contributed by atoms with van der Waals surface area (Å²) in [5, 5.41) is 10.5. The van der Waals surface area contributed by atoms with Gasteiger partial charge in [0.2, 0.25) is 11.9 Å². The number of ether oxygens (including phenoxy) is 3. The average molecular weight is 647 g/mol. The summed E-state index contributed by atoms with van der Waals surface area (Å²) in [5.41, 5.74) is 0.256. The number of aromatic nitrogens is 2. The Bertz CT molecular complexity index is 1570. The zero-order chi connectivity index (χ0) is 32.7. The minimum absolute atomic E-state index is 0.0325. The second-order valence-corrected chi connectivity index (χ2v) is 14.2. The van der Waals surface area contributed by atoms with E-state index in [1.54, 1.807) is 58.4 Å². The molecule has 0 atom stereocenters. The quantitative estimate of drug-likeness (QED) is 0.0901. The summed E-state index contributed by atoms with van der Waals surface area (Å²) >= 11 is 6.40. The van der Waals surface area contributed by atoms with Crippen LogP contribution < -0.4 is 30.8 Å². The van der Waals surface area contributed by atoms with Crippen LogP contribution >= 0.6 is 18.7 Å². The Morgan fingerprint density at radius 2 is 1.77 bits per heavy atom. The molecule has 2 amide bonds. The molecule has 0 fully saturated rings. The number of hydroxylamine groups is 2. The molecule has 0 aliphatic heterocycles. The fraction of sp³-hybridized carbons (Fsp3) is 0.310. The van der Waals surface area contributed by atoms with Crippen LogP contribution in [0.15, 0.2) is 55.3 Å². The van der Waals surface area contributed by atoms with E-state index in [0.29, 0.717) is 16.7 Å². The van der Waals surface area contributed by atoms with Crippen molar-refractivity contribution < 1.29 is 33.2 Å². The van der Waals surface area contributed by atoms with Gasteiger partial charge in [0, 0.05) is 18.5 Å². The summed E-state index contributed by atoms with van der Waals surface area (Å²) in [5.74, 6) is 0.114. The Hall–Kier alpha value is -4.32. The molecule has 3 N–H and O–H groups in total. The third kappa shape index (κ3) is 9.34. The lowest BCUT2D eigenvalue weighted by Crippen LogP contribution is -2.40. The second kappa shape index (κ2) is 14.4. The summed E-state index contributed by atoms with van der Waals surface area (Å²) in [7, 11) is 0.188. The van der Waals surface area contributed by atoms with Crippen molar-refractivity contribution in [2.75, 3.05) is 50.2 Å². The highest BCUT2D eigenvalue weighted by Gasteiger charge is 2.26. The number of hydrogen-bond donors (Lipinski definition) is 3. The zero-order valence-corrected chi connectivity index (χ0v) is 27.2. The van der Waals surface area contributed by atoms with Gasteiger partial charge in [-0.15, -0.1) is 5.06 Å². The van der Waals surface area contributed by atoms with E-state index in [-0.39, 0.29) is 40.7 Å². The van der Waals surface area contributed by atoms with Crippen LogP contribution in [0.4, 0.5) is 33.6 Å². The number of halogens is 1. The van der Waals surface area contributed by atoms with Crippen molar-refractivity contribution in [1.82, 2.24) is 15.0 Å². The Morgan fingerprint density at radius 3 is 2.39 bits per heavy atom. The number of carbonyl (C=O) groups is 2. The first-order chi connectivity index (χ1) is 20.6. The number of nitrogens with one attached hydrogen (secondary N) is 3. The average Bonchev–Trinajstić information content (AvgIpc) is 2.94. The van der Waals surface area contributed by atoms with Crippen LogP contribution in [0, 0.1) is 0 Å². The molecule has 3 rings (SSSR count). The molecule has 1 aromatic heterocycles. The van der Waals surface area contributed by atoms with Gasteiger partial charge in [-0.1, -0.05) is 30.3 Å². The molecule has 13 nitrogen and oxygen atoms in total. The minimum Gasteiger partial charge on any atom is -0.494 e. The highest BCUT2D eigenvalue weighted by molar-refractivity contribution is 7.70. The lowest BCUT2D eigenvalue weighted by atomic mass is 10.2. The molecule has 0 bridgehead atoms. The molecule has 0 saturated carbocycles. The van der Waals surface area contributed by atoms with Crippen LogP contribution in [-0.2, 0) is 18.8 Å². The summed E-state index contributed by atoms with van der Waals surface area (Å²) in [4.78, 5) is 39.7. The third-order valence-electron chi connectivity index (χ3n) is 5.52. The van der Waals surface area contributed by atoms with Gasteiger partial charge >= 0.3 is 6.09 Å². The molecule has 1 heterocycles. The second-order valence-electron chi connectivity index (χ2n) is 10.6. The predicted molar refractivity (Wildman–Crippen MR) is 172 cm³/mol. The van der Waals surface area contributed by atoms with Gasteiger partial charge in [0.1, 0.15) is 23.5 Å². The Labute approximate surface area is 261 Å². The third-order valence-corrected chi connectivity index (χ3v) is 7.35. The van der Waals surface area contributed by atoms with Crippen molar-refractivity contribution in [3.05, 3.63) is 60.3 Å². The van der Waals surface area contributed by atoms with Crippen molar-refractivity contribution in [3.8, 4) is 11.5 Å². The number of rotatable bonds is 12. The molecular weight excluding hydrogens is 611 g/mol. The van der Waals surface area contributed by atoms with E-state index in [1.165, 1.54) is 32.5 Å². The molecule has 3 aromatic rings. The van der Waals surface area contributed by atoms with Gasteiger partial charge in [0.15, 0.2) is 18.3 Å². The van der Waals surface area contributed by atoms with Crippen LogP contribution in [0.5, 0.6) is 11.5 Å². The molecule has 2 aromatic carbocycles. The maximum atomic E-state index is 12.8. The zero-order valence-electron chi connectivity index (χ0n) is 25.6. The normalized spacial score (nSPS) is 11.3. The molecule has 0 radical (unpaired) electrons. The van der Waals surface area contributed by atoms with Gasteiger partial charge in [-0.25, -0.2) is 9.78 Å². The summed E-state index contributed by atoms with van der Waals surface area (Å²) < 4.78 is 28.9. The van der Waals surface area contributed by atoms with E-state index in [4.69, 9.17) is 30.6 Å². The Balaban J connectivity index is 2.00. The number of anilines is 5. The van der Waals surface area contributed by atoms with Crippen molar-refractivity contribution in [2.45, 2.75) is 26.4 Å². The van der Waals surface area contributed by atoms with E-state index < -0.39 is 24.7 Å². The molecule has 0 aliphatic carbocycles. The fourth-order valence-electron chi connectivity index (χ4n) is 3.66. The first-order valence-electron chi connectivity index (χ1n) is 13.2. The Kier molecular flexibility index (Phi) is 11.2. The topological polar surface area (TPSA) is 153 Å². The first-order valence-corrected chi connectivity index (χ1v) is 16.2. The number of nitrogens with zero attached hydrogens (tertiary/aromatic N) is 3. The van der Waals surface area contributed by atoms with Crippen LogP contribution in [0.25, 0.3) is 0 Å². The Morgan fingerprint density at radius 1 is 1.07 bits per heavy atom. The van der Waals surface area contributed by atoms with E-state index >= 15 is 0 Å². The van der Waals surface area contributed by atoms with E-state index in [1.807, 2.05) is 0 Å². The summed E-state index contributed by atoms with van der Waals surface area (Å²) in [6, 6.07) is 10.1. The smallest absolute Gasteiger partial charge is 0.446 e. The van der Waals surface area contributed by atoms with Crippen LogP contribution in [-0.4, -0.2) is 66.9 Å². The molecule has 44 heavy (non-hydrogen) atoms. The van der Waals surface area contributed by atoms with E-state index in [9.17, 15) is 14.2 Å². The number of amides is 2. The van der Waals surface area contributed by atoms with E-state index in [2.05, 4.69) is 32.5 Å². The largest absolute Gasteiger partial charge is 0.494 e. The molecule has 236 valence electrons. The highest BCUT2D eigenvalue weighted by Crippen LogP contribution is 2.40. The van der Waals surface area contributed by atoms with Crippen molar-refractivity contribution in [1.29, 1.82) is 0 Å². The van der Waals surface area contributed by atoms with Crippen molar-refractivity contribution in [3.63, 3.8) is 0 Å². The highest BCUT2D eigenvalue weighted by atomic mass is 35.5. The predicted octanol–water partition coefficient (Wildman–Crippen LogP) is 6.13. The minimum atomic E-state index is -2.62. The van der Waals surface area contributed by atoms with Gasteiger partial charge < -0.3 is 39.6 Å². The van der Waals surface area contributed by atoms with Gasteiger partial charge in [-0.05, 0) is 58.4 Å². The standard InChI is InChI=1S/C29H36ClN6O7P/c1-9-25(37)32-21-14-20(22(41-6)15-23(21)43-36(17-40-5)28(38)42-29(2,3)4)34-27-31-16-18(30)26(35-27)33-19-12-10-11-13-24(19)44(7,8)39/h9-16H,1,17H2,2-8H3,(H,32,37)(H2,31,33,34,35). The molecular formula is C29H36ClN6O7P. The lowest BCUT2D eigenvalue weighted by molar-refractivity contribution is -0.119. The molecule has 0 spiro atoms. The lowest BCUT2D eigenvalue weighted by Gasteiger charge is -2.27. The van der Waals surface area contributed by atoms with Crippen molar-refractivity contribution in [2.24, 2.45) is 0 Å². The fourth-order valence-corrected chi connectivity index (χ4v) is 4.96. The molecule has 0 unspecified atom stereocenters. The maximum Gasteiger partial charge on any atom is 0.446 e. The maximum absolute atomic E-state index is 12.8. The molecule has 0 aliphatic rings. The van der Waals surface area contributed by atoms with Crippen molar-refractivity contribution >= 4 is 64.9 Å². The number of carbonyl (C=O) groups excluding carboxylic acids is 2. The SMILES string of the molecule is C=CC(=O)Nc1cc(Nc2ncc(Cl)c(Nc3ccccc3P(C)(C)=O)n2)c(OC)cc1ON(COC)C(=O)OC(C)(C)C. The number of benzene rings is 2. The van der Waals surface area contributed by atoms with Gasteiger partial charge in [0.05, 0.1) is 30.4 Å². The van der Waals surface area contributed by atoms with Gasteiger partial charge in [-0.3, -0.25) is 4.79 Å². The van der Waals surface area contributed by atoms with Gasteiger partial charge in [0.25, 0.3) is 0 Å². The molecule has 0 saturated heterocycles. The van der Waals surface area contributed by atoms with Crippen LogP contribution in [0.2, 0.25) is 5.02 Å². The molecule has 15 heteroatoms. The first kappa shape index (κ1) is 34.2. The van der Waals surface area contributed by atoms with E-state index in [0.717, 1.165) is 11.1 Å². The number of hydrogen-bond acceptors (Lipinski definition) is 11. The summed E-state index contributed by atoms with van der Waals surface area (Å²) in [6.45, 7) is 11.7. The summed E-state index contributed by atoms with van der Waals surface area (Å²) in [6.07, 6.45) is 1.65. The number of methoxy groups -OCH3 is 2. The van der Waals surface area contributed by atoms with Crippen LogP contribution in [0.3, 0.4) is 0 Å². The van der Waals surface area contributed by atoms with Gasteiger partial charge in [-0.2, -0.15) is 4.98 Å². The monoisotopic (exact) mass is 646 g/mol.